The van der Waals surface area contributed by atoms with Crippen molar-refractivity contribution in [2.24, 2.45) is 0 Å². The quantitative estimate of drug-likeness (QED) is 0.834. The molecule has 1 saturated heterocycles. The number of hydrogen-bond acceptors (Lipinski definition) is 5. The molecule has 25 heavy (non-hydrogen) atoms. The molecule has 7 nitrogen and oxygen atoms in total. The van der Waals surface area contributed by atoms with Crippen molar-refractivity contribution in [2.75, 3.05) is 18.0 Å². The van der Waals surface area contributed by atoms with Crippen LogP contribution in [0.1, 0.15) is 35.9 Å². The number of amides is 2. The van der Waals surface area contributed by atoms with Crippen LogP contribution in [0.5, 0.6) is 0 Å². The van der Waals surface area contributed by atoms with Gasteiger partial charge in [-0.3, -0.25) is 9.59 Å². The van der Waals surface area contributed by atoms with E-state index in [2.05, 4.69) is 20.5 Å². The van der Waals surface area contributed by atoms with Gasteiger partial charge in [0.15, 0.2) is 0 Å². The molecule has 2 aromatic rings. The first-order valence-corrected chi connectivity index (χ1v) is 8.46. The summed E-state index contributed by atoms with van der Waals surface area (Å²) in [5, 5.41) is 5.48. The first-order chi connectivity index (χ1) is 12.1. The molecule has 0 unspecified atom stereocenters. The van der Waals surface area contributed by atoms with Gasteiger partial charge in [-0.05, 0) is 44.0 Å². The number of carbonyl (C=O) groups is 2. The summed E-state index contributed by atoms with van der Waals surface area (Å²) in [6, 6.07) is 6.35. The maximum atomic E-state index is 12.6. The molecule has 0 aromatic carbocycles. The fourth-order valence-electron chi connectivity index (χ4n) is 2.84. The van der Waals surface area contributed by atoms with E-state index in [4.69, 9.17) is 4.42 Å². The fourth-order valence-corrected chi connectivity index (χ4v) is 2.84. The first kappa shape index (κ1) is 17.0. The van der Waals surface area contributed by atoms with E-state index in [1.54, 1.807) is 43.6 Å². The van der Waals surface area contributed by atoms with Crippen molar-refractivity contribution >= 4 is 17.6 Å². The van der Waals surface area contributed by atoms with Crippen molar-refractivity contribution in [1.82, 2.24) is 15.6 Å². The van der Waals surface area contributed by atoms with Crippen molar-refractivity contribution in [1.29, 1.82) is 0 Å². The summed E-state index contributed by atoms with van der Waals surface area (Å²) >= 11 is 0. The van der Waals surface area contributed by atoms with Gasteiger partial charge in [-0.2, -0.15) is 0 Å². The van der Waals surface area contributed by atoms with Gasteiger partial charge in [0.2, 0.25) is 5.91 Å². The Morgan fingerprint density at radius 1 is 1.28 bits per heavy atom. The molecule has 0 radical (unpaired) electrons. The van der Waals surface area contributed by atoms with E-state index >= 15 is 0 Å². The summed E-state index contributed by atoms with van der Waals surface area (Å²) in [5.41, 5.74) is 0.495. The van der Waals surface area contributed by atoms with Gasteiger partial charge in [0.05, 0.1) is 18.4 Å². The summed E-state index contributed by atoms with van der Waals surface area (Å²) in [6.07, 6.45) is 5.44. The number of carbonyl (C=O) groups excluding carboxylic acids is 2. The maximum absolute atomic E-state index is 12.6. The van der Waals surface area contributed by atoms with Crippen LogP contribution in [0.3, 0.4) is 0 Å². The second kappa shape index (κ2) is 7.83. The van der Waals surface area contributed by atoms with E-state index < -0.39 is 6.04 Å². The third-order valence-corrected chi connectivity index (χ3v) is 4.19. The molecule has 7 heteroatoms. The van der Waals surface area contributed by atoms with Gasteiger partial charge in [0, 0.05) is 19.3 Å². The van der Waals surface area contributed by atoms with Crippen molar-refractivity contribution in [3.8, 4) is 0 Å². The summed E-state index contributed by atoms with van der Waals surface area (Å²) < 4.78 is 5.17. The minimum absolute atomic E-state index is 0.267. The van der Waals surface area contributed by atoms with Crippen LogP contribution in [-0.4, -0.2) is 35.9 Å². The molecule has 3 heterocycles. The van der Waals surface area contributed by atoms with E-state index in [9.17, 15) is 9.59 Å². The fraction of sp³-hybridized carbons (Fsp3) is 0.389. The van der Waals surface area contributed by atoms with Crippen LogP contribution in [0.25, 0.3) is 0 Å². The number of nitrogens with zero attached hydrogens (tertiary/aromatic N) is 2. The normalized spacial score (nSPS) is 15.0. The van der Waals surface area contributed by atoms with Gasteiger partial charge in [0.25, 0.3) is 5.91 Å². The molecule has 2 aromatic heterocycles. The zero-order chi connectivity index (χ0) is 17.6. The Hall–Kier alpha value is -2.83. The average Bonchev–Trinajstić information content (AvgIpc) is 3.33. The lowest BCUT2D eigenvalue weighted by molar-refractivity contribution is -0.122. The molecule has 0 bridgehead atoms. The van der Waals surface area contributed by atoms with Crippen molar-refractivity contribution in [3.05, 3.63) is 48.0 Å². The molecule has 132 valence electrons. The number of anilines is 1. The molecule has 2 N–H and O–H groups in total. The minimum Gasteiger partial charge on any atom is -0.467 e. The second-order valence-corrected chi connectivity index (χ2v) is 6.06. The van der Waals surface area contributed by atoms with Crippen molar-refractivity contribution in [3.63, 3.8) is 0 Å². The number of furan rings is 1. The largest absolute Gasteiger partial charge is 0.467 e. The van der Waals surface area contributed by atoms with Gasteiger partial charge in [-0.1, -0.05) is 0 Å². The molecule has 1 fully saturated rings. The average molecular weight is 342 g/mol. The van der Waals surface area contributed by atoms with Crippen LogP contribution in [0, 0.1) is 0 Å². The van der Waals surface area contributed by atoms with Crippen LogP contribution in [0.2, 0.25) is 0 Å². The predicted molar refractivity (Wildman–Crippen MR) is 93.2 cm³/mol. The minimum atomic E-state index is -0.658. The van der Waals surface area contributed by atoms with Crippen molar-refractivity contribution < 1.29 is 14.0 Å². The zero-order valence-electron chi connectivity index (χ0n) is 14.2. The highest BCUT2D eigenvalue weighted by Gasteiger charge is 2.23. The summed E-state index contributed by atoms with van der Waals surface area (Å²) in [7, 11) is 0. The molecule has 0 aliphatic carbocycles. The molecule has 2 amide bonds. The third-order valence-electron chi connectivity index (χ3n) is 4.19. The molecular weight excluding hydrogens is 320 g/mol. The van der Waals surface area contributed by atoms with Gasteiger partial charge in [0.1, 0.15) is 17.6 Å². The first-order valence-electron chi connectivity index (χ1n) is 8.46. The Bertz CT molecular complexity index is 724. The predicted octanol–water partition coefficient (Wildman–Crippen LogP) is 1.71. The molecule has 1 atom stereocenters. The Morgan fingerprint density at radius 2 is 2.08 bits per heavy atom. The third kappa shape index (κ3) is 4.17. The molecule has 0 saturated carbocycles. The zero-order valence-corrected chi connectivity index (χ0v) is 14.2. The number of pyridine rings is 1. The van der Waals surface area contributed by atoms with E-state index in [1.807, 2.05) is 0 Å². The summed E-state index contributed by atoms with van der Waals surface area (Å²) in [6.45, 7) is 3.74. The van der Waals surface area contributed by atoms with E-state index in [0.29, 0.717) is 17.1 Å². The number of hydrogen-bond donors (Lipinski definition) is 2. The van der Waals surface area contributed by atoms with Gasteiger partial charge < -0.3 is 20.0 Å². The standard InChI is InChI=1S/C18H22N4O3/c1-13(17(23)20-12-14-6-5-11-25-14)21-18(24)15-7-4-8-19-16(15)22-9-2-3-10-22/h4-8,11,13H,2-3,9-10,12H2,1H3,(H,20,23)(H,21,24)/t13-/m1/s1. The van der Waals surface area contributed by atoms with Crippen LogP contribution in [0.4, 0.5) is 5.82 Å². The number of aromatic nitrogens is 1. The monoisotopic (exact) mass is 342 g/mol. The number of nitrogens with one attached hydrogen (secondary N) is 2. The van der Waals surface area contributed by atoms with Gasteiger partial charge >= 0.3 is 0 Å². The van der Waals surface area contributed by atoms with E-state index in [-0.39, 0.29) is 18.4 Å². The Balaban J connectivity index is 1.60. The van der Waals surface area contributed by atoms with Gasteiger partial charge in [-0.15, -0.1) is 0 Å². The summed E-state index contributed by atoms with van der Waals surface area (Å²) in [5.74, 6) is 0.781. The Kier molecular flexibility index (Phi) is 5.33. The molecule has 1 aliphatic heterocycles. The van der Waals surface area contributed by atoms with Crippen LogP contribution >= 0.6 is 0 Å². The Morgan fingerprint density at radius 3 is 2.80 bits per heavy atom. The summed E-state index contributed by atoms with van der Waals surface area (Å²) in [4.78, 5) is 31.2. The van der Waals surface area contributed by atoms with Crippen LogP contribution in [0.15, 0.2) is 41.1 Å². The van der Waals surface area contributed by atoms with Gasteiger partial charge in [-0.25, -0.2) is 4.98 Å². The lowest BCUT2D eigenvalue weighted by atomic mass is 10.2. The highest BCUT2D eigenvalue weighted by Crippen LogP contribution is 2.21. The number of rotatable bonds is 6. The highest BCUT2D eigenvalue weighted by atomic mass is 16.3. The highest BCUT2D eigenvalue weighted by molar-refractivity contribution is 6.01. The topological polar surface area (TPSA) is 87.5 Å². The lowest BCUT2D eigenvalue weighted by Gasteiger charge is -2.20. The maximum Gasteiger partial charge on any atom is 0.255 e. The second-order valence-electron chi connectivity index (χ2n) is 6.06. The molecule has 0 spiro atoms. The van der Waals surface area contributed by atoms with Crippen LogP contribution < -0.4 is 15.5 Å². The smallest absolute Gasteiger partial charge is 0.255 e. The van der Waals surface area contributed by atoms with Crippen molar-refractivity contribution in [2.45, 2.75) is 32.4 Å². The van der Waals surface area contributed by atoms with E-state index in [0.717, 1.165) is 25.9 Å². The lowest BCUT2D eigenvalue weighted by Crippen LogP contribution is -2.44. The molecule has 1 aliphatic rings. The molecule has 3 rings (SSSR count). The SMILES string of the molecule is C[C@@H](NC(=O)c1cccnc1N1CCCC1)C(=O)NCc1ccco1. The molecular formula is C18H22N4O3. The van der Waals surface area contributed by atoms with Crippen LogP contribution in [-0.2, 0) is 11.3 Å². The Labute approximate surface area is 146 Å². The van der Waals surface area contributed by atoms with E-state index in [1.165, 1.54) is 0 Å².